The van der Waals surface area contributed by atoms with Gasteiger partial charge in [0.05, 0.1) is 12.7 Å². The molecular weight excluding hydrogens is 340 g/mol. The first kappa shape index (κ1) is 17.5. The number of benzene rings is 2. The number of para-hydroxylation sites is 1. The minimum atomic E-state index is -0.224. The van der Waals surface area contributed by atoms with Crippen LogP contribution in [0.2, 0.25) is 0 Å². The molecule has 5 nitrogen and oxygen atoms in total. The molecule has 4 rings (SSSR count). The molecule has 5 heteroatoms. The molecule has 0 unspecified atom stereocenters. The smallest absolute Gasteiger partial charge is 0.258 e. The van der Waals surface area contributed by atoms with Crippen LogP contribution in [0.1, 0.15) is 41.9 Å². The average molecular weight is 364 g/mol. The molecule has 0 bridgehead atoms. The summed E-state index contributed by atoms with van der Waals surface area (Å²) in [5.41, 5.74) is 3.50. The Hall–Kier alpha value is -2.95. The average Bonchev–Trinajstić information content (AvgIpc) is 3.51. The molecule has 1 aliphatic carbocycles. The molecule has 2 aliphatic rings. The van der Waals surface area contributed by atoms with Crippen LogP contribution in [0.15, 0.2) is 54.6 Å². The first-order valence-corrected chi connectivity index (χ1v) is 9.22. The van der Waals surface area contributed by atoms with Gasteiger partial charge in [-0.3, -0.25) is 4.79 Å². The molecule has 1 fully saturated rings. The monoisotopic (exact) mass is 364 g/mol. The van der Waals surface area contributed by atoms with Gasteiger partial charge in [-0.2, -0.15) is 0 Å². The number of ether oxygens (including phenoxy) is 2. The van der Waals surface area contributed by atoms with E-state index in [-0.39, 0.29) is 18.1 Å². The van der Waals surface area contributed by atoms with Crippen molar-refractivity contribution >= 4 is 11.6 Å². The number of rotatable bonds is 6. The number of anilines is 1. The lowest BCUT2D eigenvalue weighted by atomic mass is 10.0. The van der Waals surface area contributed by atoms with Crippen molar-refractivity contribution in [2.24, 2.45) is 0 Å². The highest BCUT2D eigenvalue weighted by molar-refractivity contribution is 6.02. The third-order valence-corrected chi connectivity index (χ3v) is 4.88. The van der Waals surface area contributed by atoms with Gasteiger partial charge in [-0.05, 0) is 55.2 Å². The fourth-order valence-electron chi connectivity index (χ4n) is 3.42. The third kappa shape index (κ3) is 3.37. The Morgan fingerprint density at radius 3 is 2.70 bits per heavy atom. The lowest BCUT2D eigenvalue weighted by Crippen LogP contribution is -2.44. The fourth-order valence-corrected chi connectivity index (χ4v) is 3.42. The van der Waals surface area contributed by atoms with Crippen molar-refractivity contribution in [3.05, 3.63) is 65.7 Å². The molecule has 0 saturated heterocycles. The van der Waals surface area contributed by atoms with Crippen molar-refractivity contribution in [3.8, 4) is 11.5 Å². The van der Waals surface area contributed by atoms with Crippen LogP contribution in [0.5, 0.6) is 11.5 Å². The van der Waals surface area contributed by atoms with Crippen LogP contribution in [-0.4, -0.2) is 30.6 Å². The molecule has 1 saturated carbocycles. The maximum absolute atomic E-state index is 13.1. The van der Waals surface area contributed by atoms with Crippen LogP contribution in [0.3, 0.4) is 0 Å². The number of nitrogens with one attached hydrogen (secondary N) is 1. The molecule has 1 amide bonds. The van der Waals surface area contributed by atoms with Crippen LogP contribution in [-0.2, 0) is 0 Å². The van der Waals surface area contributed by atoms with Gasteiger partial charge in [-0.15, -0.1) is 0 Å². The van der Waals surface area contributed by atoms with Gasteiger partial charge >= 0.3 is 0 Å². The molecule has 0 aromatic heterocycles. The van der Waals surface area contributed by atoms with E-state index in [0.717, 1.165) is 35.2 Å². The number of hydrogen-bond acceptors (Lipinski definition) is 4. The summed E-state index contributed by atoms with van der Waals surface area (Å²) in [6.45, 7) is 6.23. The summed E-state index contributed by atoms with van der Waals surface area (Å²) < 4.78 is 11.3. The number of fused-ring (bicyclic) bond motifs is 1. The highest BCUT2D eigenvalue weighted by Crippen LogP contribution is 2.42. The fraction of sp³-hybridized carbons (Fsp3) is 0.318. The van der Waals surface area contributed by atoms with Crippen LogP contribution in [0.4, 0.5) is 5.69 Å². The first-order chi connectivity index (χ1) is 13.1. The number of nitrogens with zero attached hydrogens (tertiary/aromatic N) is 1. The minimum absolute atomic E-state index is 0.0806. The normalized spacial score (nSPS) is 18.5. The molecule has 2 aromatic rings. The third-order valence-electron chi connectivity index (χ3n) is 4.88. The molecule has 0 radical (unpaired) electrons. The van der Waals surface area contributed by atoms with Crippen LogP contribution in [0.25, 0.3) is 0 Å². The number of carbonyl (C=O) groups is 1. The maximum atomic E-state index is 13.1. The van der Waals surface area contributed by atoms with E-state index in [1.807, 2.05) is 54.3 Å². The van der Waals surface area contributed by atoms with Crippen molar-refractivity contribution in [3.63, 3.8) is 0 Å². The standard InChI is InChI=1S/C22H24N2O3/c1-14(2)13-27-20-12-15(8-11-19(20)26-3)21-23-18-7-5-4-6-17(18)22(25)24(21)16-9-10-16/h4-8,11-12,16,21,23H,1,9-10,13H2,2-3H3/t21-/m0/s1. The molecule has 0 spiro atoms. The Bertz CT molecular complexity index is 889. The topological polar surface area (TPSA) is 50.8 Å². The number of carbonyl (C=O) groups excluding carboxylic acids is 1. The highest BCUT2D eigenvalue weighted by Gasteiger charge is 2.42. The van der Waals surface area contributed by atoms with E-state index in [2.05, 4.69) is 11.9 Å². The largest absolute Gasteiger partial charge is 0.493 e. The van der Waals surface area contributed by atoms with Crippen LogP contribution < -0.4 is 14.8 Å². The van der Waals surface area contributed by atoms with Gasteiger partial charge in [0.1, 0.15) is 12.8 Å². The molecule has 1 heterocycles. The summed E-state index contributed by atoms with van der Waals surface area (Å²) in [4.78, 5) is 15.1. The van der Waals surface area contributed by atoms with E-state index in [4.69, 9.17) is 9.47 Å². The zero-order valence-electron chi connectivity index (χ0n) is 15.7. The molecule has 1 aliphatic heterocycles. The summed E-state index contributed by atoms with van der Waals surface area (Å²) in [5.74, 6) is 1.40. The zero-order valence-corrected chi connectivity index (χ0v) is 15.7. The van der Waals surface area contributed by atoms with Crippen molar-refractivity contribution in [1.82, 2.24) is 4.90 Å². The lowest BCUT2D eigenvalue weighted by Gasteiger charge is -2.38. The molecule has 1 N–H and O–H groups in total. The molecule has 1 atom stereocenters. The van der Waals surface area contributed by atoms with Crippen molar-refractivity contribution < 1.29 is 14.3 Å². The van der Waals surface area contributed by atoms with E-state index in [1.54, 1.807) is 7.11 Å². The molecule has 2 aromatic carbocycles. The maximum Gasteiger partial charge on any atom is 0.258 e. The number of amides is 1. The van der Waals surface area contributed by atoms with E-state index in [1.165, 1.54) is 0 Å². The Balaban J connectivity index is 1.71. The van der Waals surface area contributed by atoms with Gasteiger partial charge in [0.25, 0.3) is 5.91 Å². The Labute approximate surface area is 159 Å². The van der Waals surface area contributed by atoms with Gasteiger partial charge in [-0.25, -0.2) is 0 Å². The van der Waals surface area contributed by atoms with Crippen molar-refractivity contribution in [2.45, 2.75) is 32.0 Å². The summed E-state index contributed by atoms with van der Waals surface area (Å²) in [7, 11) is 1.62. The zero-order chi connectivity index (χ0) is 19.0. The van der Waals surface area contributed by atoms with E-state index in [0.29, 0.717) is 18.1 Å². The first-order valence-electron chi connectivity index (χ1n) is 9.22. The Morgan fingerprint density at radius 1 is 1.22 bits per heavy atom. The van der Waals surface area contributed by atoms with Crippen LogP contribution in [0, 0.1) is 0 Å². The SMILES string of the molecule is C=C(C)COc1cc([C@H]2Nc3ccccc3C(=O)N2C2CC2)ccc1OC. The van der Waals surface area contributed by atoms with Gasteiger partial charge in [0.15, 0.2) is 11.5 Å². The molecular formula is C22H24N2O3. The quantitative estimate of drug-likeness (QED) is 0.773. The van der Waals surface area contributed by atoms with Gasteiger partial charge in [0, 0.05) is 11.7 Å². The summed E-state index contributed by atoms with van der Waals surface area (Å²) in [6.07, 6.45) is 1.86. The lowest BCUT2D eigenvalue weighted by molar-refractivity contribution is 0.0666. The van der Waals surface area contributed by atoms with Gasteiger partial charge < -0.3 is 19.7 Å². The van der Waals surface area contributed by atoms with Crippen molar-refractivity contribution in [2.75, 3.05) is 19.0 Å². The summed E-state index contributed by atoms with van der Waals surface area (Å²) in [5, 5.41) is 3.54. The predicted molar refractivity (Wildman–Crippen MR) is 105 cm³/mol. The van der Waals surface area contributed by atoms with E-state index in [9.17, 15) is 4.79 Å². The second-order valence-electron chi connectivity index (χ2n) is 7.19. The summed E-state index contributed by atoms with van der Waals surface area (Å²) in [6, 6.07) is 13.8. The minimum Gasteiger partial charge on any atom is -0.493 e. The number of methoxy groups -OCH3 is 1. The second-order valence-corrected chi connectivity index (χ2v) is 7.19. The Kier molecular flexibility index (Phi) is 4.52. The predicted octanol–water partition coefficient (Wildman–Crippen LogP) is 4.38. The van der Waals surface area contributed by atoms with Crippen molar-refractivity contribution in [1.29, 1.82) is 0 Å². The van der Waals surface area contributed by atoms with E-state index >= 15 is 0 Å². The van der Waals surface area contributed by atoms with E-state index < -0.39 is 0 Å². The van der Waals surface area contributed by atoms with Crippen LogP contribution >= 0.6 is 0 Å². The molecule has 140 valence electrons. The van der Waals surface area contributed by atoms with Gasteiger partial charge in [0.2, 0.25) is 0 Å². The Morgan fingerprint density at radius 2 is 2.00 bits per heavy atom. The second kappa shape index (κ2) is 6.99. The molecule has 27 heavy (non-hydrogen) atoms. The number of hydrogen-bond donors (Lipinski definition) is 1. The summed E-state index contributed by atoms with van der Waals surface area (Å²) >= 11 is 0. The highest BCUT2D eigenvalue weighted by atomic mass is 16.5. The van der Waals surface area contributed by atoms with Gasteiger partial charge in [-0.1, -0.05) is 24.8 Å².